The zero-order valence-electron chi connectivity index (χ0n) is 7.28. The van der Waals surface area contributed by atoms with Crippen molar-refractivity contribution < 1.29 is 0 Å². The van der Waals surface area contributed by atoms with Crippen molar-refractivity contribution >= 4 is 0 Å². The number of hydrogen-bond acceptors (Lipinski definition) is 2. The standard InChI is InChI=1S/C8H18N2/c1-8(4-5-8)9-6-7-10(2)3/h9H,4-7H2,1-3H3. The van der Waals surface area contributed by atoms with Crippen molar-refractivity contribution in [2.75, 3.05) is 27.2 Å². The van der Waals surface area contributed by atoms with Gasteiger partial charge in [0, 0.05) is 18.6 Å². The van der Waals surface area contributed by atoms with Crippen molar-refractivity contribution in [3.8, 4) is 0 Å². The Balaban J connectivity index is 1.95. The van der Waals surface area contributed by atoms with Gasteiger partial charge in [-0.2, -0.15) is 0 Å². The summed E-state index contributed by atoms with van der Waals surface area (Å²) in [5, 5.41) is 3.52. The second-order valence-electron chi connectivity index (χ2n) is 3.79. The van der Waals surface area contributed by atoms with Crippen LogP contribution in [0.3, 0.4) is 0 Å². The van der Waals surface area contributed by atoms with Gasteiger partial charge in [0.1, 0.15) is 0 Å². The molecule has 0 aromatic heterocycles. The average Bonchev–Trinajstić information content (AvgIpc) is 2.47. The van der Waals surface area contributed by atoms with Crippen LogP contribution in [0.4, 0.5) is 0 Å². The van der Waals surface area contributed by atoms with E-state index in [2.05, 4.69) is 31.2 Å². The SMILES string of the molecule is CN(C)CCNC1(C)CC1. The first-order valence-electron chi connectivity index (χ1n) is 4.02. The molecule has 0 bridgehead atoms. The highest BCUT2D eigenvalue weighted by Gasteiger charge is 2.35. The zero-order valence-corrected chi connectivity index (χ0v) is 7.28. The Hall–Kier alpha value is -0.0800. The minimum Gasteiger partial charge on any atom is -0.310 e. The third-order valence-corrected chi connectivity index (χ3v) is 2.11. The van der Waals surface area contributed by atoms with Gasteiger partial charge in [0.15, 0.2) is 0 Å². The topological polar surface area (TPSA) is 15.3 Å². The number of hydrogen-bond donors (Lipinski definition) is 1. The lowest BCUT2D eigenvalue weighted by molar-refractivity contribution is 0.383. The van der Waals surface area contributed by atoms with Gasteiger partial charge in [0.05, 0.1) is 0 Å². The molecule has 2 nitrogen and oxygen atoms in total. The molecule has 0 aromatic carbocycles. The fraction of sp³-hybridized carbons (Fsp3) is 1.00. The van der Waals surface area contributed by atoms with Crippen molar-refractivity contribution in [3.05, 3.63) is 0 Å². The largest absolute Gasteiger partial charge is 0.310 e. The Kier molecular flexibility index (Phi) is 2.32. The van der Waals surface area contributed by atoms with Gasteiger partial charge in [-0.3, -0.25) is 0 Å². The molecule has 0 radical (unpaired) electrons. The van der Waals surface area contributed by atoms with E-state index in [-0.39, 0.29) is 0 Å². The average molecular weight is 142 g/mol. The van der Waals surface area contributed by atoms with E-state index in [4.69, 9.17) is 0 Å². The molecule has 0 saturated heterocycles. The Bertz CT molecular complexity index is 106. The van der Waals surface area contributed by atoms with Gasteiger partial charge in [-0.25, -0.2) is 0 Å². The summed E-state index contributed by atoms with van der Waals surface area (Å²) in [5.74, 6) is 0. The van der Waals surface area contributed by atoms with Gasteiger partial charge in [0.2, 0.25) is 0 Å². The molecule has 1 N–H and O–H groups in total. The summed E-state index contributed by atoms with van der Waals surface area (Å²) in [7, 11) is 4.22. The van der Waals surface area contributed by atoms with Crippen LogP contribution in [-0.4, -0.2) is 37.6 Å². The first-order valence-corrected chi connectivity index (χ1v) is 4.02. The minimum absolute atomic E-state index is 0.510. The number of rotatable bonds is 4. The van der Waals surface area contributed by atoms with E-state index in [1.807, 2.05) is 0 Å². The monoisotopic (exact) mass is 142 g/mol. The second kappa shape index (κ2) is 2.89. The van der Waals surface area contributed by atoms with Crippen LogP contribution >= 0.6 is 0 Å². The first-order chi connectivity index (χ1) is 4.62. The summed E-state index contributed by atoms with van der Waals surface area (Å²) >= 11 is 0. The number of nitrogens with zero attached hydrogens (tertiary/aromatic N) is 1. The molecule has 1 saturated carbocycles. The number of likely N-dealkylation sites (N-methyl/N-ethyl adjacent to an activating group) is 1. The quantitative estimate of drug-likeness (QED) is 0.621. The first kappa shape index (κ1) is 8.02. The smallest absolute Gasteiger partial charge is 0.0155 e. The summed E-state index contributed by atoms with van der Waals surface area (Å²) < 4.78 is 0. The Labute approximate surface area is 63.6 Å². The molecular formula is C8H18N2. The van der Waals surface area contributed by atoms with Gasteiger partial charge < -0.3 is 10.2 Å². The van der Waals surface area contributed by atoms with Gasteiger partial charge in [-0.1, -0.05) is 0 Å². The molecule has 1 aliphatic rings. The molecule has 1 aliphatic carbocycles. The van der Waals surface area contributed by atoms with Crippen molar-refractivity contribution in [2.45, 2.75) is 25.3 Å². The van der Waals surface area contributed by atoms with Crippen LogP contribution in [0.25, 0.3) is 0 Å². The van der Waals surface area contributed by atoms with E-state index in [9.17, 15) is 0 Å². The van der Waals surface area contributed by atoms with Crippen LogP contribution in [-0.2, 0) is 0 Å². The Morgan fingerprint density at radius 2 is 2.00 bits per heavy atom. The lowest BCUT2D eigenvalue weighted by Gasteiger charge is -2.14. The Morgan fingerprint density at radius 1 is 1.40 bits per heavy atom. The molecule has 60 valence electrons. The molecule has 0 atom stereocenters. The van der Waals surface area contributed by atoms with E-state index in [1.165, 1.54) is 12.8 Å². The highest BCUT2D eigenvalue weighted by molar-refractivity contribution is 4.97. The lowest BCUT2D eigenvalue weighted by Crippen LogP contribution is -2.34. The van der Waals surface area contributed by atoms with Crippen LogP contribution in [0.1, 0.15) is 19.8 Å². The van der Waals surface area contributed by atoms with E-state index in [1.54, 1.807) is 0 Å². The highest BCUT2D eigenvalue weighted by Crippen LogP contribution is 2.33. The maximum Gasteiger partial charge on any atom is 0.0155 e. The minimum atomic E-state index is 0.510. The predicted octanol–water partition coefficient (Wildman–Crippen LogP) is 0.690. The molecule has 0 heterocycles. The van der Waals surface area contributed by atoms with Crippen LogP contribution in [0.15, 0.2) is 0 Å². The molecule has 2 heteroatoms. The molecule has 1 fully saturated rings. The Morgan fingerprint density at radius 3 is 2.40 bits per heavy atom. The fourth-order valence-corrected chi connectivity index (χ4v) is 0.946. The van der Waals surface area contributed by atoms with Crippen molar-refractivity contribution in [3.63, 3.8) is 0 Å². The summed E-state index contributed by atoms with van der Waals surface area (Å²) in [6, 6.07) is 0. The normalized spacial score (nSPS) is 21.6. The molecule has 0 aliphatic heterocycles. The molecule has 1 rings (SSSR count). The van der Waals surface area contributed by atoms with Gasteiger partial charge in [-0.05, 0) is 33.9 Å². The van der Waals surface area contributed by atoms with Crippen LogP contribution in [0.5, 0.6) is 0 Å². The molecule has 10 heavy (non-hydrogen) atoms. The summed E-state index contributed by atoms with van der Waals surface area (Å²) in [4.78, 5) is 2.21. The maximum absolute atomic E-state index is 3.52. The maximum atomic E-state index is 3.52. The van der Waals surface area contributed by atoms with E-state index < -0.39 is 0 Å². The highest BCUT2D eigenvalue weighted by atomic mass is 15.1. The van der Waals surface area contributed by atoms with Gasteiger partial charge >= 0.3 is 0 Å². The van der Waals surface area contributed by atoms with Crippen LogP contribution in [0.2, 0.25) is 0 Å². The third kappa shape index (κ3) is 2.67. The van der Waals surface area contributed by atoms with E-state index in [0.717, 1.165) is 13.1 Å². The lowest BCUT2D eigenvalue weighted by atomic mass is 10.3. The molecular weight excluding hydrogens is 124 g/mol. The zero-order chi connectivity index (χ0) is 7.61. The summed E-state index contributed by atoms with van der Waals surface area (Å²) in [6.07, 6.45) is 2.72. The molecule has 0 amide bonds. The second-order valence-corrected chi connectivity index (χ2v) is 3.79. The predicted molar refractivity (Wildman–Crippen MR) is 44.2 cm³/mol. The summed E-state index contributed by atoms with van der Waals surface area (Å²) in [6.45, 7) is 4.57. The van der Waals surface area contributed by atoms with Crippen molar-refractivity contribution in [1.29, 1.82) is 0 Å². The molecule has 0 aromatic rings. The molecule has 0 unspecified atom stereocenters. The third-order valence-electron chi connectivity index (χ3n) is 2.11. The van der Waals surface area contributed by atoms with E-state index in [0.29, 0.717) is 5.54 Å². The van der Waals surface area contributed by atoms with Crippen molar-refractivity contribution in [2.24, 2.45) is 0 Å². The van der Waals surface area contributed by atoms with Gasteiger partial charge in [-0.15, -0.1) is 0 Å². The van der Waals surface area contributed by atoms with Crippen molar-refractivity contribution in [1.82, 2.24) is 10.2 Å². The summed E-state index contributed by atoms with van der Waals surface area (Å²) in [5.41, 5.74) is 0.510. The number of nitrogens with one attached hydrogen (secondary N) is 1. The van der Waals surface area contributed by atoms with Crippen LogP contribution < -0.4 is 5.32 Å². The van der Waals surface area contributed by atoms with E-state index >= 15 is 0 Å². The van der Waals surface area contributed by atoms with Crippen LogP contribution in [0, 0.1) is 0 Å². The molecule has 0 spiro atoms. The fourth-order valence-electron chi connectivity index (χ4n) is 0.946. The van der Waals surface area contributed by atoms with Gasteiger partial charge in [0.25, 0.3) is 0 Å².